The minimum absolute atomic E-state index is 0.749. The lowest BCUT2D eigenvalue weighted by Crippen LogP contribution is -1.82. The molecule has 1 saturated carbocycles. The summed E-state index contributed by atoms with van der Waals surface area (Å²) in [6, 6.07) is 0. The molecule has 0 bridgehead atoms. The summed E-state index contributed by atoms with van der Waals surface area (Å²) in [5.41, 5.74) is 0. The third kappa shape index (κ3) is 1.23. The minimum Gasteiger partial charge on any atom is -0.126 e. The Morgan fingerprint density at radius 2 is 1.57 bits per heavy atom. The van der Waals surface area contributed by atoms with Crippen molar-refractivity contribution in [2.24, 2.45) is 11.8 Å². The van der Waals surface area contributed by atoms with Crippen LogP contribution in [0.5, 0.6) is 0 Å². The van der Waals surface area contributed by atoms with Crippen molar-refractivity contribution in [3.8, 4) is 0 Å². The van der Waals surface area contributed by atoms with Gasteiger partial charge in [-0.2, -0.15) is 0 Å². The van der Waals surface area contributed by atoms with Crippen molar-refractivity contribution in [1.29, 1.82) is 0 Å². The van der Waals surface area contributed by atoms with Crippen molar-refractivity contribution in [2.75, 3.05) is 11.8 Å². The highest BCUT2D eigenvalue weighted by Crippen LogP contribution is 2.39. The molecule has 0 spiro atoms. The summed E-state index contributed by atoms with van der Waals surface area (Å²) < 4.78 is 0. The number of alkyl halides is 2. The van der Waals surface area contributed by atoms with E-state index in [1.807, 2.05) is 0 Å². The van der Waals surface area contributed by atoms with Gasteiger partial charge in [0.2, 0.25) is 0 Å². The first kappa shape index (κ1) is 5.71. The molecule has 42 valence electrons. The average molecular weight is 139 g/mol. The lowest BCUT2D eigenvalue weighted by atomic mass is 10.4. The minimum atomic E-state index is 0.749. The second-order valence-electron chi connectivity index (χ2n) is 2.06. The molecule has 0 aromatic heterocycles. The topological polar surface area (TPSA) is 0 Å². The summed E-state index contributed by atoms with van der Waals surface area (Å²) in [6.07, 6.45) is 1.26. The summed E-state index contributed by atoms with van der Waals surface area (Å²) >= 11 is 11.0. The zero-order chi connectivity index (χ0) is 5.28. The maximum absolute atomic E-state index is 5.51. The molecule has 0 aromatic carbocycles. The van der Waals surface area contributed by atoms with Gasteiger partial charge in [0, 0.05) is 11.8 Å². The van der Waals surface area contributed by atoms with Gasteiger partial charge in [0.05, 0.1) is 0 Å². The first-order chi connectivity index (χ1) is 3.38. The molecule has 0 aliphatic heterocycles. The van der Waals surface area contributed by atoms with E-state index >= 15 is 0 Å². The van der Waals surface area contributed by atoms with Crippen LogP contribution in [0.1, 0.15) is 6.42 Å². The third-order valence-corrected chi connectivity index (χ3v) is 2.26. The molecule has 0 amide bonds. The molecule has 1 fully saturated rings. The van der Waals surface area contributed by atoms with E-state index < -0.39 is 0 Å². The Balaban J connectivity index is 2.06. The fraction of sp³-hybridized carbons (Fsp3) is 1.00. The van der Waals surface area contributed by atoms with Crippen LogP contribution in [-0.4, -0.2) is 11.8 Å². The van der Waals surface area contributed by atoms with Crippen LogP contribution in [0.2, 0.25) is 0 Å². The zero-order valence-corrected chi connectivity index (χ0v) is 5.54. The normalized spacial score (nSPS) is 38.6. The molecule has 7 heavy (non-hydrogen) atoms. The average Bonchev–Trinajstić information content (AvgIpc) is 2.43. The van der Waals surface area contributed by atoms with E-state index in [2.05, 4.69) is 0 Å². The molecule has 1 aliphatic rings. The third-order valence-electron chi connectivity index (χ3n) is 1.47. The van der Waals surface area contributed by atoms with Crippen LogP contribution in [0.3, 0.4) is 0 Å². The summed E-state index contributed by atoms with van der Waals surface area (Å²) in [4.78, 5) is 0. The highest BCUT2D eigenvalue weighted by atomic mass is 35.5. The van der Waals surface area contributed by atoms with Gasteiger partial charge in [-0.3, -0.25) is 0 Å². The lowest BCUT2D eigenvalue weighted by Gasteiger charge is -1.82. The summed E-state index contributed by atoms with van der Waals surface area (Å²) in [5.74, 6) is 3.10. The van der Waals surface area contributed by atoms with Gasteiger partial charge in [0.15, 0.2) is 0 Å². The van der Waals surface area contributed by atoms with Gasteiger partial charge < -0.3 is 0 Å². The monoisotopic (exact) mass is 138 g/mol. The van der Waals surface area contributed by atoms with Crippen LogP contribution in [0.15, 0.2) is 0 Å². The van der Waals surface area contributed by atoms with Crippen LogP contribution in [-0.2, 0) is 0 Å². The molecule has 0 saturated heterocycles. The van der Waals surface area contributed by atoms with E-state index in [9.17, 15) is 0 Å². The van der Waals surface area contributed by atoms with Gasteiger partial charge in [-0.15, -0.1) is 23.2 Å². The molecular weight excluding hydrogens is 131 g/mol. The van der Waals surface area contributed by atoms with Gasteiger partial charge in [0.25, 0.3) is 0 Å². The first-order valence-electron chi connectivity index (χ1n) is 2.50. The van der Waals surface area contributed by atoms with Crippen LogP contribution in [0.4, 0.5) is 0 Å². The van der Waals surface area contributed by atoms with E-state index in [4.69, 9.17) is 23.2 Å². The standard InChI is InChI=1S/C5H8Cl2/c6-2-4-1-5(4)3-7/h4-5H,1-3H2/t4-,5-/m1/s1. The van der Waals surface area contributed by atoms with Gasteiger partial charge in [-0.05, 0) is 18.3 Å². The zero-order valence-electron chi connectivity index (χ0n) is 4.03. The smallest absolute Gasteiger partial charge is 0.0254 e. The second kappa shape index (κ2) is 2.23. The summed E-state index contributed by atoms with van der Waals surface area (Å²) in [6.45, 7) is 0. The second-order valence-corrected chi connectivity index (χ2v) is 2.68. The van der Waals surface area contributed by atoms with Crippen LogP contribution in [0.25, 0.3) is 0 Å². The molecule has 0 heterocycles. The van der Waals surface area contributed by atoms with Crippen LogP contribution < -0.4 is 0 Å². The van der Waals surface area contributed by atoms with Gasteiger partial charge in [0.1, 0.15) is 0 Å². The molecule has 0 nitrogen and oxygen atoms in total. The van der Waals surface area contributed by atoms with E-state index in [0.29, 0.717) is 0 Å². The van der Waals surface area contributed by atoms with E-state index in [0.717, 1.165) is 23.6 Å². The van der Waals surface area contributed by atoms with Crippen molar-refractivity contribution in [1.82, 2.24) is 0 Å². The van der Waals surface area contributed by atoms with Gasteiger partial charge >= 0.3 is 0 Å². The van der Waals surface area contributed by atoms with Crippen LogP contribution in [0, 0.1) is 11.8 Å². The molecule has 0 N–H and O–H groups in total. The summed E-state index contributed by atoms with van der Waals surface area (Å²) in [7, 11) is 0. The van der Waals surface area contributed by atoms with Crippen molar-refractivity contribution in [3.05, 3.63) is 0 Å². The van der Waals surface area contributed by atoms with Crippen molar-refractivity contribution in [3.63, 3.8) is 0 Å². The van der Waals surface area contributed by atoms with Crippen LogP contribution >= 0.6 is 23.2 Å². The molecule has 0 aromatic rings. The van der Waals surface area contributed by atoms with E-state index in [-0.39, 0.29) is 0 Å². The Morgan fingerprint density at radius 1 is 1.14 bits per heavy atom. The highest BCUT2D eigenvalue weighted by molar-refractivity contribution is 6.19. The number of halogens is 2. The Hall–Kier alpha value is 0.580. The highest BCUT2D eigenvalue weighted by Gasteiger charge is 2.34. The number of rotatable bonds is 2. The predicted octanol–water partition coefficient (Wildman–Crippen LogP) is 2.10. The Labute approximate surface area is 53.8 Å². The summed E-state index contributed by atoms with van der Waals surface area (Å²) in [5, 5.41) is 0. The number of hydrogen-bond donors (Lipinski definition) is 0. The Kier molecular flexibility index (Phi) is 1.82. The van der Waals surface area contributed by atoms with E-state index in [1.54, 1.807) is 0 Å². The number of hydrogen-bond acceptors (Lipinski definition) is 0. The van der Waals surface area contributed by atoms with Crippen molar-refractivity contribution < 1.29 is 0 Å². The Bertz CT molecular complexity index is 55.1. The predicted molar refractivity (Wildman–Crippen MR) is 33.0 cm³/mol. The molecule has 0 unspecified atom stereocenters. The molecular formula is C5H8Cl2. The molecule has 1 aliphatic carbocycles. The SMILES string of the molecule is ClC[C@H]1C[C@@H]1CCl. The van der Waals surface area contributed by atoms with Gasteiger partial charge in [-0.1, -0.05) is 0 Å². The van der Waals surface area contributed by atoms with Crippen molar-refractivity contribution >= 4 is 23.2 Å². The fourth-order valence-electron chi connectivity index (χ4n) is 0.688. The quantitative estimate of drug-likeness (QED) is 0.514. The lowest BCUT2D eigenvalue weighted by molar-refractivity contribution is 0.848. The fourth-order valence-corrected chi connectivity index (χ4v) is 1.44. The van der Waals surface area contributed by atoms with E-state index in [1.165, 1.54) is 6.42 Å². The Morgan fingerprint density at radius 3 is 1.71 bits per heavy atom. The molecule has 0 radical (unpaired) electrons. The maximum atomic E-state index is 5.51. The van der Waals surface area contributed by atoms with Gasteiger partial charge in [-0.25, -0.2) is 0 Å². The molecule has 2 heteroatoms. The van der Waals surface area contributed by atoms with Crippen molar-refractivity contribution in [2.45, 2.75) is 6.42 Å². The first-order valence-corrected chi connectivity index (χ1v) is 3.57. The molecule has 2 atom stereocenters. The maximum Gasteiger partial charge on any atom is 0.0254 e. The molecule has 1 rings (SSSR count). The largest absolute Gasteiger partial charge is 0.126 e.